The summed E-state index contributed by atoms with van der Waals surface area (Å²) in [7, 11) is 0. The molecule has 0 bridgehead atoms. The van der Waals surface area contributed by atoms with Gasteiger partial charge in [-0.2, -0.15) is 0 Å². The zero-order chi connectivity index (χ0) is 19.3. The topological polar surface area (TPSA) is 47.3 Å². The van der Waals surface area contributed by atoms with Crippen LogP contribution >= 0.6 is 11.6 Å². The third kappa shape index (κ3) is 3.88. The van der Waals surface area contributed by atoms with Crippen LogP contribution in [0.5, 0.6) is 5.75 Å². The number of hydrogen-bond donors (Lipinski definition) is 1. The molecular formula is C23H21ClN2O2. The molecule has 4 rings (SSSR count). The number of imidazole rings is 1. The molecule has 0 aliphatic heterocycles. The van der Waals surface area contributed by atoms with Crippen molar-refractivity contribution in [3.63, 3.8) is 0 Å². The highest BCUT2D eigenvalue weighted by molar-refractivity contribution is 6.32. The van der Waals surface area contributed by atoms with Gasteiger partial charge in [0.05, 0.1) is 22.7 Å². The number of aromatic nitrogens is 2. The number of benzene rings is 3. The highest BCUT2D eigenvalue weighted by Crippen LogP contribution is 2.26. The molecule has 0 unspecified atom stereocenters. The van der Waals surface area contributed by atoms with Crippen LogP contribution in [0.25, 0.3) is 11.0 Å². The number of hydrogen-bond acceptors (Lipinski definition) is 3. The zero-order valence-corrected chi connectivity index (χ0v) is 16.1. The fourth-order valence-electron chi connectivity index (χ4n) is 3.29. The molecule has 0 saturated carbocycles. The van der Waals surface area contributed by atoms with Gasteiger partial charge >= 0.3 is 0 Å². The molecular weight excluding hydrogens is 372 g/mol. The Hall–Kier alpha value is -2.82. The predicted molar refractivity (Wildman–Crippen MR) is 112 cm³/mol. The highest BCUT2D eigenvalue weighted by atomic mass is 35.5. The fourth-order valence-corrected chi connectivity index (χ4v) is 3.48. The monoisotopic (exact) mass is 392 g/mol. The summed E-state index contributed by atoms with van der Waals surface area (Å²) in [6.07, 6.45) is -0.0156. The molecule has 0 aliphatic rings. The molecule has 0 fully saturated rings. The van der Waals surface area contributed by atoms with Crippen molar-refractivity contribution in [2.24, 2.45) is 0 Å². The maximum Gasteiger partial charge on any atom is 0.143 e. The van der Waals surface area contributed by atoms with Gasteiger partial charge in [-0.15, -0.1) is 0 Å². The van der Waals surface area contributed by atoms with Crippen LogP contribution in [-0.2, 0) is 6.54 Å². The molecule has 0 radical (unpaired) electrons. The fraction of sp³-hybridized carbons (Fsp3) is 0.174. The van der Waals surface area contributed by atoms with Crippen LogP contribution in [0.3, 0.4) is 0 Å². The van der Waals surface area contributed by atoms with Crippen molar-refractivity contribution < 1.29 is 9.84 Å². The first-order valence-electron chi connectivity index (χ1n) is 9.29. The number of aliphatic hydroxyl groups is 1. The minimum Gasteiger partial charge on any atom is -0.492 e. The molecule has 4 nitrogen and oxygen atoms in total. The first-order valence-corrected chi connectivity index (χ1v) is 9.67. The Balaban J connectivity index is 1.54. The summed E-state index contributed by atoms with van der Waals surface area (Å²) < 4.78 is 7.88. The SMILES string of the molecule is O[C@H](c1ccccc1)c1nc2ccccc2n1CCCOc1ccccc1Cl. The van der Waals surface area contributed by atoms with Crippen molar-refractivity contribution in [1.82, 2.24) is 9.55 Å². The Morgan fingerprint density at radius 2 is 1.64 bits per heavy atom. The number of aliphatic hydroxyl groups excluding tert-OH is 1. The molecule has 4 aromatic rings. The lowest BCUT2D eigenvalue weighted by molar-refractivity contribution is 0.203. The normalized spacial score (nSPS) is 12.2. The summed E-state index contributed by atoms with van der Waals surface area (Å²) in [6.45, 7) is 1.21. The maximum atomic E-state index is 10.9. The van der Waals surface area contributed by atoms with E-state index in [9.17, 15) is 5.11 Å². The van der Waals surface area contributed by atoms with Crippen LogP contribution in [-0.4, -0.2) is 21.3 Å². The minimum absolute atomic E-state index is 0.525. The molecule has 1 aromatic heterocycles. The number of para-hydroxylation sites is 3. The van der Waals surface area contributed by atoms with Gasteiger partial charge in [0.15, 0.2) is 0 Å². The first kappa shape index (κ1) is 18.5. The molecule has 1 atom stereocenters. The van der Waals surface area contributed by atoms with Crippen LogP contribution in [0.15, 0.2) is 78.9 Å². The summed E-state index contributed by atoms with van der Waals surface area (Å²) >= 11 is 6.14. The van der Waals surface area contributed by atoms with E-state index in [1.54, 1.807) is 0 Å². The zero-order valence-electron chi connectivity index (χ0n) is 15.3. The van der Waals surface area contributed by atoms with Gasteiger partial charge in [-0.1, -0.05) is 66.2 Å². The molecule has 142 valence electrons. The van der Waals surface area contributed by atoms with Gasteiger partial charge in [0.25, 0.3) is 0 Å². The number of halogens is 1. The van der Waals surface area contributed by atoms with Crippen molar-refractivity contribution in [3.05, 3.63) is 95.3 Å². The predicted octanol–water partition coefficient (Wildman–Crippen LogP) is 5.24. The van der Waals surface area contributed by atoms with E-state index in [0.29, 0.717) is 29.7 Å². The van der Waals surface area contributed by atoms with Gasteiger partial charge in [0.2, 0.25) is 0 Å². The summed E-state index contributed by atoms with van der Waals surface area (Å²) in [4.78, 5) is 4.69. The van der Waals surface area contributed by atoms with Crippen molar-refractivity contribution in [2.75, 3.05) is 6.61 Å². The number of fused-ring (bicyclic) bond motifs is 1. The third-order valence-electron chi connectivity index (χ3n) is 4.66. The number of ether oxygens (including phenoxy) is 1. The lowest BCUT2D eigenvalue weighted by Gasteiger charge is -2.15. The second kappa shape index (κ2) is 8.46. The highest BCUT2D eigenvalue weighted by Gasteiger charge is 2.19. The van der Waals surface area contributed by atoms with Gasteiger partial charge in [-0.3, -0.25) is 0 Å². The first-order chi connectivity index (χ1) is 13.7. The molecule has 0 aliphatic carbocycles. The van der Waals surface area contributed by atoms with Gasteiger partial charge in [-0.25, -0.2) is 4.98 Å². The van der Waals surface area contributed by atoms with Crippen molar-refractivity contribution in [3.8, 4) is 5.75 Å². The van der Waals surface area contributed by atoms with E-state index in [4.69, 9.17) is 21.3 Å². The van der Waals surface area contributed by atoms with Gasteiger partial charge in [-0.05, 0) is 36.2 Å². The van der Waals surface area contributed by atoms with Gasteiger partial charge in [0, 0.05) is 6.54 Å². The van der Waals surface area contributed by atoms with Crippen molar-refractivity contribution in [2.45, 2.75) is 19.1 Å². The summed E-state index contributed by atoms with van der Waals surface area (Å²) in [5.74, 6) is 1.33. The van der Waals surface area contributed by atoms with E-state index >= 15 is 0 Å². The summed E-state index contributed by atoms with van der Waals surface area (Å²) in [6, 6.07) is 25.0. The molecule has 1 heterocycles. The number of rotatable bonds is 7. The molecule has 0 saturated heterocycles. The number of nitrogens with zero attached hydrogens (tertiary/aromatic N) is 2. The average molecular weight is 393 g/mol. The third-order valence-corrected chi connectivity index (χ3v) is 4.98. The van der Waals surface area contributed by atoms with Crippen LogP contribution < -0.4 is 4.74 Å². The Morgan fingerprint density at radius 1 is 0.929 bits per heavy atom. The van der Waals surface area contributed by atoms with E-state index < -0.39 is 6.10 Å². The van der Waals surface area contributed by atoms with Gasteiger partial charge < -0.3 is 14.4 Å². The molecule has 1 N–H and O–H groups in total. The molecule has 0 amide bonds. The van der Waals surface area contributed by atoms with Crippen LogP contribution in [0.4, 0.5) is 0 Å². The Morgan fingerprint density at radius 3 is 2.46 bits per heavy atom. The summed E-state index contributed by atoms with van der Waals surface area (Å²) in [5.41, 5.74) is 2.70. The Labute approximate surface area is 169 Å². The lowest BCUT2D eigenvalue weighted by atomic mass is 10.1. The Kier molecular flexibility index (Phi) is 5.60. The van der Waals surface area contributed by atoms with Gasteiger partial charge in [0.1, 0.15) is 17.7 Å². The van der Waals surface area contributed by atoms with E-state index in [2.05, 4.69) is 4.57 Å². The summed E-state index contributed by atoms with van der Waals surface area (Å²) in [5, 5.41) is 11.5. The Bertz CT molecular complexity index is 1060. The van der Waals surface area contributed by atoms with Crippen LogP contribution in [0.1, 0.15) is 23.9 Å². The van der Waals surface area contributed by atoms with Crippen molar-refractivity contribution >= 4 is 22.6 Å². The van der Waals surface area contributed by atoms with E-state index in [-0.39, 0.29) is 0 Å². The largest absolute Gasteiger partial charge is 0.492 e. The lowest BCUT2D eigenvalue weighted by Crippen LogP contribution is -2.12. The van der Waals surface area contributed by atoms with E-state index in [1.807, 2.05) is 78.9 Å². The number of aryl methyl sites for hydroxylation is 1. The standard InChI is InChI=1S/C23H21ClN2O2/c24-18-11-4-7-14-21(18)28-16-8-15-26-20-13-6-5-12-19(20)25-23(26)22(27)17-9-2-1-3-10-17/h1-7,9-14,22,27H,8,15-16H2/t22-/m1/s1. The van der Waals surface area contributed by atoms with E-state index in [1.165, 1.54) is 0 Å². The molecule has 28 heavy (non-hydrogen) atoms. The quantitative estimate of drug-likeness (QED) is 0.437. The van der Waals surface area contributed by atoms with Crippen LogP contribution in [0.2, 0.25) is 5.02 Å². The minimum atomic E-state index is -0.780. The molecule has 5 heteroatoms. The second-order valence-electron chi connectivity index (χ2n) is 6.56. The van der Waals surface area contributed by atoms with Crippen molar-refractivity contribution in [1.29, 1.82) is 0 Å². The maximum absolute atomic E-state index is 10.9. The molecule has 3 aromatic carbocycles. The smallest absolute Gasteiger partial charge is 0.143 e. The van der Waals surface area contributed by atoms with E-state index in [0.717, 1.165) is 23.0 Å². The average Bonchev–Trinajstić information content (AvgIpc) is 3.11. The molecule has 0 spiro atoms. The van der Waals surface area contributed by atoms with Crippen LogP contribution in [0, 0.1) is 0 Å². The second-order valence-corrected chi connectivity index (χ2v) is 6.96.